The van der Waals surface area contributed by atoms with Crippen molar-refractivity contribution in [3.63, 3.8) is 0 Å². The Labute approximate surface area is 133 Å². The number of nitrogens with one attached hydrogen (secondary N) is 2. The maximum atomic E-state index is 11.9. The van der Waals surface area contributed by atoms with E-state index in [1.165, 1.54) is 0 Å². The normalized spacial score (nSPS) is 23.4. The lowest BCUT2D eigenvalue weighted by Crippen LogP contribution is -2.48. The first-order chi connectivity index (χ1) is 10.3. The fourth-order valence-corrected chi connectivity index (χ4v) is 2.27. The van der Waals surface area contributed by atoms with E-state index in [2.05, 4.69) is 31.6 Å². The Morgan fingerprint density at radius 2 is 1.59 bits per heavy atom. The van der Waals surface area contributed by atoms with Gasteiger partial charge in [0, 0.05) is 12.1 Å². The average molecular weight is 314 g/mol. The summed E-state index contributed by atoms with van der Waals surface area (Å²) in [5.74, 6) is -0.112. The van der Waals surface area contributed by atoms with E-state index in [1.807, 2.05) is 0 Å². The maximum absolute atomic E-state index is 11.9. The second kappa shape index (κ2) is 9.10. The number of rotatable bonds is 6. The quantitative estimate of drug-likeness (QED) is 0.446. The lowest BCUT2D eigenvalue weighted by molar-refractivity contribution is -0.146. The van der Waals surface area contributed by atoms with Gasteiger partial charge in [0.1, 0.15) is 0 Å². The summed E-state index contributed by atoms with van der Waals surface area (Å²) in [4.78, 5) is 23.2. The molecule has 0 aromatic carbocycles. The Bertz CT molecular complexity index is 363. The monoisotopic (exact) mass is 314 g/mol. The molecule has 0 saturated heterocycles. The van der Waals surface area contributed by atoms with Crippen molar-refractivity contribution in [2.75, 3.05) is 0 Å². The van der Waals surface area contributed by atoms with E-state index in [0.717, 1.165) is 25.7 Å². The highest BCUT2D eigenvalue weighted by atomic mass is 16.7. The molecule has 1 aliphatic rings. The highest BCUT2D eigenvalue weighted by Crippen LogP contribution is 2.25. The van der Waals surface area contributed by atoms with Crippen molar-refractivity contribution < 1.29 is 19.1 Å². The van der Waals surface area contributed by atoms with E-state index in [1.54, 1.807) is 13.8 Å². The molecule has 0 aromatic heterocycles. The summed E-state index contributed by atoms with van der Waals surface area (Å²) in [7, 11) is 0. The van der Waals surface area contributed by atoms with E-state index in [4.69, 9.17) is 9.47 Å². The Hall–Kier alpha value is -1.14. The second-order valence-corrected chi connectivity index (χ2v) is 6.71. The van der Waals surface area contributed by atoms with Gasteiger partial charge in [-0.2, -0.15) is 0 Å². The summed E-state index contributed by atoms with van der Waals surface area (Å²) in [6.45, 7) is 9.91. The second-order valence-electron chi connectivity index (χ2n) is 6.71. The minimum absolute atomic E-state index is 0.208. The molecule has 0 radical (unpaired) electrons. The first-order valence-corrected chi connectivity index (χ1v) is 8.23. The summed E-state index contributed by atoms with van der Waals surface area (Å²) in [6.07, 6.45) is 2.04. The number of hydrogen-bond donors (Lipinski definition) is 2. The number of carbonyl (C=O) groups excluding carboxylic acids is 2. The molecule has 22 heavy (non-hydrogen) atoms. The van der Waals surface area contributed by atoms with Crippen LogP contribution < -0.4 is 10.9 Å². The highest BCUT2D eigenvalue weighted by molar-refractivity contribution is 5.83. The lowest BCUT2D eigenvalue weighted by Gasteiger charge is -2.29. The topological polar surface area (TPSA) is 76.7 Å². The summed E-state index contributed by atoms with van der Waals surface area (Å²) in [6, 6.07) is 0.751. The van der Waals surface area contributed by atoms with Gasteiger partial charge in [0.05, 0.1) is 12.0 Å². The molecule has 1 atom stereocenters. The number of ether oxygens (including phenoxy) is 2. The predicted octanol–water partition coefficient (Wildman–Crippen LogP) is 2.77. The Morgan fingerprint density at radius 3 is 2.09 bits per heavy atom. The summed E-state index contributed by atoms with van der Waals surface area (Å²) in [5, 5.41) is 0. The number of carbonyl (C=O) groups is 2. The van der Waals surface area contributed by atoms with E-state index in [0.29, 0.717) is 18.0 Å². The van der Waals surface area contributed by atoms with Gasteiger partial charge in [0.25, 0.3) is 0 Å². The molecule has 2 N–H and O–H groups in total. The number of hydrogen-bond acceptors (Lipinski definition) is 6. The van der Waals surface area contributed by atoms with Gasteiger partial charge in [-0.25, -0.2) is 4.79 Å². The van der Waals surface area contributed by atoms with Gasteiger partial charge in [0.2, 0.25) is 0 Å². The standard InChI is InChI=1S/C16H30N2O4/c1-10(2)12(5)17-18-14-8-6-13(7-9-14)15(19)22-16(20)21-11(3)4/h10-14,17-18H,6-9H2,1-5H3. The SMILES string of the molecule is CC(C)OC(=O)OC(=O)C1CCC(NNC(C)C(C)C)CC1. The molecule has 0 heterocycles. The van der Waals surface area contributed by atoms with Crippen LogP contribution in [0.2, 0.25) is 0 Å². The Kier molecular flexibility index (Phi) is 7.82. The summed E-state index contributed by atoms with van der Waals surface area (Å²) < 4.78 is 9.55. The van der Waals surface area contributed by atoms with Gasteiger partial charge in [-0.3, -0.25) is 15.6 Å². The molecule has 1 saturated carbocycles. The van der Waals surface area contributed by atoms with Crippen molar-refractivity contribution in [2.45, 2.75) is 78.5 Å². The highest BCUT2D eigenvalue weighted by Gasteiger charge is 2.29. The summed E-state index contributed by atoms with van der Waals surface area (Å²) in [5.41, 5.74) is 6.64. The van der Waals surface area contributed by atoms with Crippen LogP contribution in [-0.4, -0.2) is 30.3 Å². The largest absolute Gasteiger partial charge is 0.516 e. The molecule has 6 nitrogen and oxygen atoms in total. The van der Waals surface area contributed by atoms with Crippen LogP contribution >= 0.6 is 0 Å². The van der Waals surface area contributed by atoms with E-state index in [9.17, 15) is 9.59 Å². The van der Waals surface area contributed by atoms with Crippen molar-refractivity contribution in [3.05, 3.63) is 0 Å². The molecule has 1 fully saturated rings. The van der Waals surface area contributed by atoms with Crippen molar-refractivity contribution in [1.82, 2.24) is 10.9 Å². The van der Waals surface area contributed by atoms with Crippen LogP contribution in [-0.2, 0) is 14.3 Å². The zero-order valence-corrected chi connectivity index (χ0v) is 14.3. The summed E-state index contributed by atoms with van der Waals surface area (Å²) >= 11 is 0. The smallest absolute Gasteiger partial charge is 0.431 e. The zero-order valence-electron chi connectivity index (χ0n) is 14.3. The molecule has 0 spiro atoms. The maximum Gasteiger partial charge on any atom is 0.516 e. The molecule has 0 aliphatic heterocycles. The minimum atomic E-state index is -0.896. The molecule has 1 aliphatic carbocycles. The Morgan fingerprint density at radius 1 is 1.00 bits per heavy atom. The fourth-order valence-electron chi connectivity index (χ4n) is 2.27. The van der Waals surface area contributed by atoms with Gasteiger partial charge in [-0.1, -0.05) is 13.8 Å². The van der Waals surface area contributed by atoms with Crippen LogP contribution in [0.15, 0.2) is 0 Å². The Balaban J connectivity index is 2.27. The lowest BCUT2D eigenvalue weighted by atomic mass is 9.86. The molecular formula is C16H30N2O4. The van der Waals surface area contributed by atoms with Crippen molar-refractivity contribution in [3.8, 4) is 0 Å². The molecule has 0 aromatic rings. The first-order valence-electron chi connectivity index (χ1n) is 8.23. The predicted molar refractivity (Wildman–Crippen MR) is 84.0 cm³/mol. The van der Waals surface area contributed by atoms with Crippen molar-refractivity contribution in [2.24, 2.45) is 11.8 Å². The van der Waals surface area contributed by atoms with Gasteiger partial charge < -0.3 is 9.47 Å². The molecule has 6 heteroatoms. The third kappa shape index (κ3) is 6.75. The van der Waals surface area contributed by atoms with Gasteiger partial charge >= 0.3 is 12.1 Å². The van der Waals surface area contributed by atoms with E-state index >= 15 is 0 Å². The van der Waals surface area contributed by atoms with Crippen LogP contribution in [0.1, 0.15) is 60.3 Å². The van der Waals surface area contributed by atoms with Gasteiger partial charge in [0.15, 0.2) is 0 Å². The molecule has 0 bridgehead atoms. The van der Waals surface area contributed by atoms with Gasteiger partial charge in [-0.05, 0) is 52.4 Å². The third-order valence-electron chi connectivity index (χ3n) is 4.09. The first kappa shape index (κ1) is 18.9. The van der Waals surface area contributed by atoms with Crippen molar-refractivity contribution >= 4 is 12.1 Å². The van der Waals surface area contributed by atoms with Gasteiger partial charge in [-0.15, -0.1) is 0 Å². The fraction of sp³-hybridized carbons (Fsp3) is 0.875. The molecule has 0 amide bonds. The minimum Gasteiger partial charge on any atom is -0.431 e. The number of esters is 1. The van der Waals surface area contributed by atoms with Crippen LogP contribution in [0.4, 0.5) is 4.79 Å². The van der Waals surface area contributed by atoms with Crippen LogP contribution in [0, 0.1) is 11.8 Å². The third-order valence-corrected chi connectivity index (χ3v) is 4.09. The van der Waals surface area contributed by atoms with Crippen LogP contribution in [0.3, 0.4) is 0 Å². The molecular weight excluding hydrogens is 284 g/mol. The molecule has 1 rings (SSSR count). The molecule has 1 unspecified atom stereocenters. The van der Waals surface area contributed by atoms with Crippen LogP contribution in [0.5, 0.6) is 0 Å². The van der Waals surface area contributed by atoms with E-state index in [-0.39, 0.29) is 12.0 Å². The molecule has 128 valence electrons. The zero-order chi connectivity index (χ0) is 16.7. The van der Waals surface area contributed by atoms with E-state index < -0.39 is 12.1 Å². The number of hydrazine groups is 1. The van der Waals surface area contributed by atoms with Crippen LogP contribution in [0.25, 0.3) is 0 Å². The van der Waals surface area contributed by atoms with Crippen molar-refractivity contribution in [1.29, 1.82) is 0 Å². The average Bonchev–Trinajstić information content (AvgIpc) is 2.44.